The van der Waals surface area contributed by atoms with Crippen LogP contribution < -0.4 is 15.5 Å². The highest BCUT2D eigenvalue weighted by Crippen LogP contribution is 2.16. The van der Waals surface area contributed by atoms with Crippen molar-refractivity contribution in [3.63, 3.8) is 0 Å². The molecule has 1 amide bonds. The van der Waals surface area contributed by atoms with Gasteiger partial charge in [0.05, 0.1) is 11.9 Å². The molecular formula is C20H18ClNO4. The van der Waals surface area contributed by atoms with E-state index in [-0.39, 0.29) is 24.3 Å². The maximum atomic E-state index is 12.2. The summed E-state index contributed by atoms with van der Waals surface area (Å²) >= 11 is 5.80. The number of hydrogen-bond acceptors (Lipinski definition) is 4. The summed E-state index contributed by atoms with van der Waals surface area (Å²) in [6.45, 7) is 2.57. The molecule has 0 saturated carbocycles. The van der Waals surface area contributed by atoms with Crippen LogP contribution in [0.15, 0.2) is 57.7 Å². The molecule has 0 bridgehead atoms. The molecule has 0 spiro atoms. The first kappa shape index (κ1) is 18.0. The van der Waals surface area contributed by atoms with E-state index in [1.54, 1.807) is 36.4 Å². The van der Waals surface area contributed by atoms with Gasteiger partial charge in [0.15, 0.2) is 11.2 Å². The third-order valence-electron chi connectivity index (χ3n) is 3.89. The highest BCUT2D eigenvalue weighted by Gasteiger charge is 2.12. The summed E-state index contributed by atoms with van der Waals surface area (Å²) in [5.74, 6) is 0.189. The monoisotopic (exact) mass is 371 g/mol. The molecule has 0 radical (unpaired) electrons. The van der Waals surface area contributed by atoms with Crippen LogP contribution in [0.1, 0.15) is 23.0 Å². The molecule has 2 aromatic carbocycles. The van der Waals surface area contributed by atoms with E-state index in [1.165, 1.54) is 6.07 Å². The van der Waals surface area contributed by atoms with E-state index in [9.17, 15) is 9.59 Å². The molecule has 1 heterocycles. The topological polar surface area (TPSA) is 68.5 Å². The van der Waals surface area contributed by atoms with Gasteiger partial charge in [0, 0.05) is 11.1 Å². The molecule has 6 heteroatoms. The number of hydrogen-bond donors (Lipinski definition) is 1. The van der Waals surface area contributed by atoms with Crippen molar-refractivity contribution in [2.24, 2.45) is 0 Å². The van der Waals surface area contributed by atoms with Gasteiger partial charge in [-0.15, -0.1) is 0 Å². The van der Waals surface area contributed by atoms with Crippen LogP contribution in [0.5, 0.6) is 5.75 Å². The number of halogens is 1. The smallest absolute Gasteiger partial charge is 0.287 e. The lowest BCUT2D eigenvalue weighted by Gasteiger charge is -2.08. The second kappa shape index (κ2) is 8.06. The Kier molecular flexibility index (Phi) is 5.58. The molecule has 134 valence electrons. The van der Waals surface area contributed by atoms with Gasteiger partial charge in [-0.1, -0.05) is 24.6 Å². The third kappa shape index (κ3) is 4.24. The van der Waals surface area contributed by atoms with Crippen molar-refractivity contribution in [3.05, 3.63) is 75.1 Å². The number of ether oxygens (including phenoxy) is 1. The van der Waals surface area contributed by atoms with Gasteiger partial charge in [-0.3, -0.25) is 9.59 Å². The molecule has 0 unspecified atom stereocenters. The maximum absolute atomic E-state index is 12.2. The molecule has 0 saturated heterocycles. The highest BCUT2D eigenvalue weighted by molar-refractivity contribution is 6.30. The van der Waals surface area contributed by atoms with E-state index >= 15 is 0 Å². The fourth-order valence-electron chi connectivity index (χ4n) is 2.49. The number of fused-ring (bicyclic) bond motifs is 1. The average molecular weight is 372 g/mol. The van der Waals surface area contributed by atoms with Crippen LogP contribution in [0.2, 0.25) is 5.02 Å². The van der Waals surface area contributed by atoms with Crippen LogP contribution in [0.3, 0.4) is 0 Å². The number of amides is 1. The van der Waals surface area contributed by atoms with Crippen molar-refractivity contribution in [1.82, 2.24) is 5.32 Å². The van der Waals surface area contributed by atoms with Gasteiger partial charge in [0.1, 0.15) is 17.9 Å². The second-order valence-electron chi connectivity index (χ2n) is 5.72. The van der Waals surface area contributed by atoms with Gasteiger partial charge >= 0.3 is 0 Å². The lowest BCUT2D eigenvalue weighted by Crippen LogP contribution is -2.28. The Balaban J connectivity index is 1.62. The van der Waals surface area contributed by atoms with Gasteiger partial charge in [0.25, 0.3) is 5.91 Å². The molecule has 0 aliphatic rings. The molecular weight excluding hydrogens is 354 g/mol. The first-order valence-corrected chi connectivity index (χ1v) is 8.68. The first-order chi connectivity index (χ1) is 12.6. The summed E-state index contributed by atoms with van der Waals surface area (Å²) in [6, 6.07) is 13.6. The van der Waals surface area contributed by atoms with Crippen molar-refractivity contribution in [2.75, 3.05) is 13.2 Å². The summed E-state index contributed by atoms with van der Waals surface area (Å²) in [7, 11) is 0. The van der Waals surface area contributed by atoms with E-state index in [4.69, 9.17) is 20.8 Å². The minimum Gasteiger partial charge on any atom is -0.492 e. The molecule has 1 aromatic heterocycles. The zero-order chi connectivity index (χ0) is 18.5. The normalized spacial score (nSPS) is 10.7. The van der Waals surface area contributed by atoms with Crippen LogP contribution in [-0.2, 0) is 6.42 Å². The predicted octanol–water partition coefficient (Wildman–Crippen LogP) is 3.82. The van der Waals surface area contributed by atoms with Crippen molar-refractivity contribution in [2.45, 2.75) is 13.3 Å². The summed E-state index contributed by atoms with van der Waals surface area (Å²) in [5.41, 5.74) is 1.21. The van der Waals surface area contributed by atoms with E-state index < -0.39 is 5.91 Å². The van der Waals surface area contributed by atoms with E-state index in [1.807, 2.05) is 13.0 Å². The Morgan fingerprint density at radius 1 is 1.15 bits per heavy atom. The van der Waals surface area contributed by atoms with Crippen LogP contribution >= 0.6 is 11.6 Å². The van der Waals surface area contributed by atoms with Gasteiger partial charge < -0.3 is 14.5 Å². The van der Waals surface area contributed by atoms with Crippen molar-refractivity contribution in [3.8, 4) is 5.75 Å². The molecule has 3 rings (SSSR count). The van der Waals surface area contributed by atoms with Crippen molar-refractivity contribution >= 4 is 28.5 Å². The Hall–Kier alpha value is -2.79. The molecule has 0 aliphatic carbocycles. The van der Waals surface area contributed by atoms with Crippen molar-refractivity contribution < 1.29 is 13.9 Å². The minimum atomic E-state index is -0.455. The number of benzene rings is 2. The predicted molar refractivity (Wildman–Crippen MR) is 101 cm³/mol. The number of nitrogens with one attached hydrogen (secondary N) is 1. The van der Waals surface area contributed by atoms with E-state index in [0.717, 1.165) is 12.0 Å². The molecule has 1 N–H and O–H groups in total. The zero-order valence-electron chi connectivity index (χ0n) is 14.3. The van der Waals surface area contributed by atoms with Gasteiger partial charge in [-0.05, 0) is 48.4 Å². The fourth-order valence-corrected chi connectivity index (χ4v) is 2.61. The lowest BCUT2D eigenvalue weighted by atomic mass is 10.1. The average Bonchev–Trinajstić information content (AvgIpc) is 2.66. The number of aryl methyl sites for hydroxylation is 1. The number of rotatable bonds is 6. The quantitative estimate of drug-likeness (QED) is 0.669. The van der Waals surface area contributed by atoms with E-state index in [0.29, 0.717) is 21.7 Å². The molecule has 3 aromatic rings. The molecule has 0 atom stereocenters. The summed E-state index contributed by atoms with van der Waals surface area (Å²) < 4.78 is 11.1. The summed E-state index contributed by atoms with van der Waals surface area (Å²) in [5, 5.41) is 3.78. The SMILES string of the molecule is CCc1ccc2oc(C(=O)NCCOc3ccc(Cl)cc3)cc(=O)c2c1. The lowest BCUT2D eigenvalue weighted by molar-refractivity contribution is 0.0920. The molecule has 26 heavy (non-hydrogen) atoms. The molecule has 5 nitrogen and oxygen atoms in total. The minimum absolute atomic E-state index is 0.0155. The van der Waals surface area contributed by atoms with Crippen LogP contribution in [0.25, 0.3) is 11.0 Å². The molecule has 0 fully saturated rings. The maximum Gasteiger partial charge on any atom is 0.287 e. The number of carbonyl (C=O) groups excluding carboxylic acids is 1. The van der Waals surface area contributed by atoms with Gasteiger partial charge in [0.2, 0.25) is 0 Å². The Morgan fingerprint density at radius 3 is 2.65 bits per heavy atom. The zero-order valence-corrected chi connectivity index (χ0v) is 15.0. The molecule has 0 aliphatic heterocycles. The van der Waals surface area contributed by atoms with Crippen LogP contribution in [0, 0.1) is 0 Å². The highest BCUT2D eigenvalue weighted by atomic mass is 35.5. The Labute approximate surface area is 155 Å². The Bertz CT molecular complexity index is 979. The van der Waals surface area contributed by atoms with Crippen molar-refractivity contribution in [1.29, 1.82) is 0 Å². The van der Waals surface area contributed by atoms with Gasteiger partial charge in [-0.25, -0.2) is 0 Å². The summed E-state index contributed by atoms with van der Waals surface area (Å²) in [6.07, 6.45) is 0.825. The standard InChI is InChI=1S/C20H18ClNO4/c1-2-13-3-8-18-16(11-13)17(23)12-19(26-18)20(24)22-9-10-25-15-6-4-14(21)5-7-15/h3-8,11-12H,2,9-10H2,1H3,(H,22,24). The van der Waals surface area contributed by atoms with E-state index in [2.05, 4.69) is 5.32 Å². The third-order valence-corrected chi connectivity index (χ3v) is 4.15. The largest absolute Gasteiger partial charge is 0.492 e. The Morgan fingerprint density at radius 2 is 1.92 bits per heavy atom. The number of carbonyl (C=O) groups is 1. The van der Waals surface area contributed by atoms with Gasteiger partial charge in [-0.2, -0.15) is 0 Å². The first-order valence-electron chi connectivity index (χ1n) is 8.30. The fraction of sp³-hybridized carbons (Fsp3) is 0.200. The van der Waals surface area contributed by atoms with Crippen LogP contribution in [-0.4, -0.2) is 19.1 Å². The van der Waals surface area contributed by atoms with Crippen LogP contribution in [0.4, 0.5) is 0 Å². The summed E-state index contributed by atoms with van der Waals surface area (Å²) in [4.78, 5) is 24.4. The second-order valence-corrected chi connectivity index (χ2v) is 6.15.